The number of ether oxygens (including phenoxy) is 1. The van der Waals surface area contributed by atoms with E-state index < -0.39 is 11.7 Å². The van der Waals surface area contributed by atoms with Gasteiger partial charge in [0, 0.05) is 31.9 Å². The summed E-state index contributed by atoms with van der Waals surface area (Å²) in [6, 6.07) is 4.00. The Morgan fingerprint density at radius 2 is 1.86 bits per heavy atom. The number of nitrogen functional groups attached to an aromatic ring is 1. The fourth-order valence-corrected chi connectivity index (χ4v) is 2.18. The maximum absolute atomic E-state index is 13.7. The van der Waals surface area contributed by atoms with Crippen molar-refractivity contribution in [3.05, 3.63) is 29.6 Å². The number of amides is 2. The Labute approximate surface area is 122 Å². The van der Waals surface area contributed by atoms with Crippen LogP contribution in [0.15, 0.2) is 18.2 Å². The summed E-state index contributed by atoms with van der Waals surface area (Å²) in [5, 5.41) is 0. The lowest BCUT2D eigenvalue weighted by Crippen LogP contribution is -2.50. The van der Waals surface area contributed by atoms with Crippen molar-refractivity contribution in [1.82, 2.24) is 9.80 Å². The summed E-state index contributed by atoms with van der Waals surface area (Å²) in [4.78, 5) is 26.9. The van der Waals surface area contributed by atoms with Crippen molar-refractivity contribution < 1.29 is 18.7 Å². The van der Waals surface area contributed by atoms with Crippen LogP contribution in [0.1, 0.15) is 17.3 Å². The molecular weight excluding hydrogens is 277 g/mol. The van der Waals surface area contributed by atoms with Crippen LogP contribution < -0.4 is 5.73 Å². The monoisotopic (exact) mass is 295 g/mol. The molecule has 1 aromatic carbocycles. The number of nitrogens with two attached hydrogens (primary N) is 1. The van der Waals surface area contributed by atoms with Crippen LogP contribution in [0.4, 0.5) is 14.9 Å². The third-order valence-electron chi connectivity index (χ3n) is 3.32. The first kappa shape index (κ1) is 15.1. The van der Waals surface area contributed by atoms with Crippen LogP contribution in [0, 0.1) is 5.82 Å². The Morgan fingerprint density at radius 1 is 1.24 bits per heavy atom. The quantitative estimate of drug-likeness (QED) is 0.835. The maximum atomic E-state index is 13.7. The predicted octanol–water partition coefficient (Wildman–Crippen LogP) is 1.32. The zero-order valence-corrected chi connectivity index (χ0v) is 11.8. The first-order chi connectivity index (χ1) is 10.0. The van der Waals surface area contributed by atoms with Gasteiger partial charge in [-0.15, -0.1) is 0 Å². The molecule has 0 aliphatic carbocycles. The second kappa shape index (κ2) is 6.43. The summed E-state index contributed by atoms with van der Waals surface area (Å²) in [7, 11) is 0. The molecule has 0 unspecified atom stereocenters. The highest BCUT2D eigenvalue weighted by atomic mass is 19.1. The van der Waals surface area contributed by atoms with Crippen LogP contribution in [0.25, 0.3) is 0 Å². The number of anilines is 1. The number of rotatable bonds is 2. The molecule has 0 spiro atoms. The molecule has 1 aromatic rings. The molecule has 7 heteroatoms. The fraction of sp³-hybridized carbons (Fsp3) is 0.429. The molecule has 6 nitrogen and oxygen atoms in total. The van der Waals surface area contributed by atoms with Gasteiger partial charge in [0.25, 0.3) is 5.91 Å². The van der Waals surface area contributed by atoms with Crippen LogP contribution in [0.3, 0.4) is 0 Å². The molecule has 1 aliphatic heterocycles. The molecule has 1 aliphatic rings. The Morgan fingerprint density at radius 3 is 2.43 bits per heavy atom. The number of nitrogens with zero attached hydrogens (tertiary/aromatic N) is 2. The van der Waals surface area contributed by atoms with Gasteiger partial charge in [0.2, 0.25) is 0 Å². The van der Waals surface area contributed by atoms with Gasteiger partial charge in [0.15, 0.2) is 0 Å². The normalized spacial score (nSPS) is 15.0. The van der Waals surface area contributed by atoms with E-state index in [0.717, 1.165) is 6.07 Å². The van der Waals surface area contributed by atoms with E-state index in [1.54, 1.807) is 6.92 Å². The average Bonchev–Trinajstić information content (AvgIpc) is 2.47. The van der Waals surface area contributed by atoms with Crippen LogP contribution in [-0.4, -0.2) is 54.6 Å². The molecule has 1 saturated heterocycles. The smallest absolute Gasteiger partial charge is 0.409 e. The number of hydrogen-bond donors (Lipinski definition) is 1. The van der Waals surface area contributed by atoms with Crippen molar-refractivity contribution in [1.29, 1.82) is 0 Å². The van der Waals surface area contributed by atoms with Gasteiger partial charge in [-0.25, -0.2) is 9.18 Å². The molecule has 1 heterocycles. The van der Waals surface area contributed by atoms with Gasteiger partial charge >= 0.3 is 6.09 Å². The second-order valence-corrected chi connectivity index (χ2v) is 4.72. The van der Waals surface area contributed by atoms with Crippen molar-refractivity contribution in [3.8, 4) is 0 Å². The fourth-order valence-electron chi connectivity index (χ4n) is 2.18. The minimum Gasteiger partial charge on any atom is -0.450 e. The van der Waals surface area contributed by atoms with E-state index in [1.807, 2.05) is 0 Å². The van der Waals surface area contributed by atoms with Crippen molar-refractivity contribution in [2.24, 2.45) is 0 Å². The van der Waals surface area contributed by atoms with Crippen LogP contribution in [0.5, 0.6) is 0 Å². The number of carbonyl (C=O) groups excluding carboxylic acids is 2. The Balaban J connectivity index is 1.98. The van der Waals surface area contributed by atoms with Gasteiger partial charge in [-0.3, -0.25) is 4.79 Å². The average molecular weight is 295 g/mol. The molecule has 0 bridgehead atoms. The highest BCUT2D eigenvalue weighted by molar-refractivity contribution is 5.95. The summed E-state index contributed by atoms with van der Waals surface area (Å²) in [5.74, 6) is -1.02. The highest BCUT2D eigenvalue weighted by Gasteiger charge is 2.26. The molecule has 2 rings (SSSR count). The highest BCUT2D eigenvalue weighted by Crippen LogP contribution is 2.15. The molecule has 0 radical (unpaired) electrons. The second-order valence-electron chi connectivity index (χ2n) is 4.72. The molecule has 0 aromatic heterocycles. The van der Waals surface area contributed by atoms with Crippen molar-refractivity contribution >= 4 is 17.7 Å². The first-order valence-electron chi connectivity index (χ1n) is 6.79. The summed E-state index contributed by atoms with van der Waals surface area (Å²) >= 11 is 0. The number of benzene rings is 1. The molecule has 1 fully saturated rings. The first-order valence-corrected chi connectivity index (χ1v) is 6.79. The zero-order valence-electron chi connectivity index (χ0n) is 11.8. The number of halogens is 1. The minimum atomic E-state index is -0.632. The van der Waals surface area contributed by atoms with E-state index >= 15 is 0 Å². The van der Waals surface area contributed by atoms with Gasteiger partial charge in [0.1, 0.15) is 5.82 Å². The van der Waals surface area contributed by atoms with Crippen molar-refractivity contribution in [3.63, 3.8) is 0 Å². The van der Waals surface area contributed by atoms with Gasteiger partial charge in [-0.1, -0.05) is 0 Å². The minimum absolute atomic E-state index is 0.00575. The van der Waals surface area contributed by atoms with Crippen molar-refractivity contribution in [2.75, 3.05) is 38.5 Å². The predicted molar refractivity (Wildman–Crippen MR) is 75.3 cm³/mol. The zero-order chi connectivity index (χ0) is 15.4. The lowest BCUT2D eigenvalue weighted by molar-refractivity contribution is 0.0567. The van der Waals surface area contributed by atoms with E-state index in [0.29, 0.717) is 32.8 Å². The van der Waals surface area contributed by atoms with Crippen LogP contribution >= 0.6 is 0 Å². The number of hydrogen-bond acceptors (Lipinski definition) is 4. The van der Waals surface area contributed by atoms with Crippen LogP contribution in [-0.2, 0) is 4.74 Å². The third-order valence-corrected chi connectivity index (χ3v) is 3.32. The van der Waals surface area contributed by atoms with Gasteiger partial charge in [-0.05, 0) is 25.1 Å². The Bertz CT molecular complexity index is 542. The summed E-state index contributed by atoms with van der Waals surface area (Å²) < 4.78 is 18.7. The van der Waals surface area contributed by atoms with E-state index in [9.17, 15) is 14.0 Å². The van der Waals surface area contributed by atoms with E-state index in [2.05, 4.69) is 0 Å². The molecule has 0 atom stereocenters. The van der Waals surface area contributed by atoms with Crippen LogP contribution in [0.2, 0.25) is 0 Å². The lowest BCUT2D eigenvalue weighted by Gasteiger charge is -2.34. The number of piperazine rings is 1. The number of carbonyl (C=O) groups is 2. The summed E-state index contributed by atoms with van der Waals surface area (Å²) in [6.07, 6.45) is -0.386. The molecule has 2 N–H and O–H groups in total. The van der Waals surface area contributed by atoms with E-state index in [4.69, 9.17) is 10.5 Å². The van der Waals surface area contributed by atoms with Gasteiger partial charge in [0.05, 0.1) is 12.2 Å². The summed E-state index contributed by atoms with van der Waals surface area (Å²) in [5.41, 5.74) is 5.73. The lowest BCUT2D eigenvalue weighted by atomic mass is 10.1. The Kier molecular flexibility index (Phi) is 4.62. The maximum Gasteiger partial charge on any atom is 0.409 e. The molecule has 114 valence electrons. The van der Waals surface area contributed by atoms with Crippen molar-refractivity contribution in [2.45, 2.75) is 6.92 Å². The van der Waals surface area contributed by atoms with Gasteiger partial charge in [-0.2, -0.15) is 0 Å². The molecule has 21 heavy (non-hydrogen) atoms. The molecular formula is C14H18FN3O3. The standard InChI is InChI=1S/C14H18FN3O3/c1-2-21-14(20)18-7-5-17(6-8-18)13(19)11-4-3-10(16)9-12(11)15/h3-4,9H,2,5-8,16H2,1H3. The largest absolute Gasteiger partial charge is 0.450 e. The summed E-state index contributed by atoms with van der Waals surface area (Å²) in [6.45, 7) is 3.50. The van der Waals surface area contributed by atoms with E-state index in [-0.39, 0.29) is 17.3 Å². The Hall–Kier alpha value is -2.31. The molecule has 0 saturated carbocycles. The molecule has 2 amide bonds. The van der Waals surface area contributed by atoms with E-state index in [1.165, 1.54) is 21.9 Å². The topological polar surface area (TPSA) is 75.9 Å². The van der Waals surface area contributed by atoms with Gasteiger partial charge < -0.3 is 20.3 Å². The third kappa shape index (κ3) is 3.42. The SMILES string of the molecule is CCOC(=O)N1CCN(C(=O)c2ccc(N)cc2F)CC1.